The van der Waals surface area contributed by atoms with Crippen LogP contribution in [0.25, 0.3) is 10.2 Å². The van der Waals surface area contributed by atoms with Gasteiger partial charge in [-0.1, -0.05) is 53.7 Å². The van der Waals surface area contributed by atoms with Crippen molar-refractivity contribution in [2.45, 2.75) is 16.5 Å². The number of nitrogens with zero attached hydrogens (tertiary/aromatic N) is 1. The van der Waals surface area contributed by atoms with E-state index in [4.69, 9.17) is 16.3 Å². The summed E-state index contributed by atoms with van der Waals surface area (Å²) in [6.45, 7) is 2.17. The molecule has 1 unspecified atom stereocenters. The van der Waals surface area contributed by atoms with E-state index in [1.54, 1.807) is 0 Å². The molecule has 0 saturated carbocycles. The van der Waals surface area contributed by atoms with Crippen molar-refractivity contribution >= 4 is 50.9 Å². The van der Waals surface area contributed by atoms with Gasteiger partial charge in [0.05, 0.1) is 16.8 Å². The number of aromatic nitrogens is 1. The molecular weight excluding hydrogens is 350 g/mol. The third-order valence-corrected chi connectivity index (χ3v) is 5.73. The number of thioether (sulfide) groups is 1. The summed E-state index contributed by atoms with van der Waals surface area (Å²) in [5.74, 6) is -0.249. The molecule has 0 bridgehead atoms. The molecule has 2 aromatic carbocycles. The van der Waals surface area contributed by atoms with Gasteiger partial charge in [-0.2, -0.15) is 0 Å². The van der Waals surface area contributed by atoms with Crippen LogP contribution in [0.5, 0.6) is 0 Å². The predicted octanol–water partition coefficient (Wildman–Crippen LogP) is 5.35. The van der Waals surface area contributed by atoms with E-state index < -0.39 is 5.25 Å². The highest BCUT2D eigenvalue weighted by molar-refractivity contribution is 8.02. The summed E-state index contributed by atoms with van der Waals surface area (Å²) in [4.78, 5) is 16.9. The molecule has 1 heterocycles. The fourth-order valence-electron chi connectivity index (χ4n) is 2.13. The van der Waals surface area contributed by atoms with E-state index in [0.717, 1.165) is 20.1 Å². The standard InChI is InChI=1S/C17H14ClNO2S2/c1-2-21-16(20)15(11-6-4-3-5-7-11)23-17-19-13-9-8-12(18)10-14(13)22-17/h3-10,15H,2H2,1H3. The van der Waals surface area contributed by atoms with Gasteiger partial charge in [0, 0.05) is 5.02 Å². The molecule has 0 spiro atoms. The Balaban J connectivity index is 1.91. The minimum atomic E-state index is -0.424. The highest BCUT2D eigenvalue weighted by atomic mass is 35.5. The highest BCUT2D eigenvalue weighted by Gasteiger charge is 2.24. The lowest BCUT2D eigenvalue weighted by Gasteiger charge is -2.13. The van der Waals surface area contributed by atoms with Crippen LogP contribution < -0.4 is 0 Å². The summed E-state index contributed by atoms with van der Waals surface area (Å²) in [6, 6.07) is 15.2. The molecule has 0 aliphatic heterocycles. The maximum absolute atomic E-state index is 12.3. The summed E-state index contributed by atoms with van der Waals surface area (Å²) in [5, 5.41) is 0.259. The quantitative estimate of drug-likeness (QED) is 0.452. The number of esters is 1. The molecule has 118 valence electrons. The van der Waals surface area contributed by atoms with Crippen LogP contribution in [-0.2, 0) is 9.53 Å². The van der Waals surface area contributed by atoms with E-state index in [9.17, 15) is 4.79 Å². The second-order valence-corrected chi connectivity index (χ2v) is 7.57. The van der Waals surface area contributed by atoms with Crippen LogP contribution in [0.1, 0.15) is 17.7 Å². The number of thiazole rings is 1. The molecule has 0 fully saturated rings. The molecule has 0 amide bonds. The van der Waals surface area contributed by atoms with Crippen molar-refractivity contribution in [3.63, 3.8) is 0 Å². The van der Waals surface area contributed by atoms with Gasteiger partial charge in [0.2, 0.25) is 0 Å². The zero-order valence-electron chi connectivity index (χ0n) is 12.4. The van der Waals surface area contributed by atoms with E-state index >= 15 is 0 Å². The summed E-state index contributed by atoms with van der Waals surface area (Å²) in [6.07, 6.45) is 0. The lowest BCUT2D eigenvalue weighted by Crippen LogP contribution is -2.13. The van der Waals surface area contributed by atoms with Crippen molar-refractivity contribution in [1.82, 2.24) is 4.98 Å². The Morgan fingerprint density at radius 1 is 1.30 bits per heavy atom. The zero-order valence-corrected chi connectivity index (χ0v) is 14.8. The lowest BCUT2D eigenvalue weighted by molar-refractivity contribution is -0.142. The molecule has 3 nitrogen and oxygen atoms in total. The molecule has 6 heteroatoms. The zero-order chi connectivity index (χ0) is 16.2. The van der Waals surface area contributed by atoms with Gasteiger partial charge in [-0.3, -0.25) is 4.79 Å². The van der Waals surface area contributed by atoms with Crippen LogP contribution in [0.15, 0.2) is 52.9 Å². The maximum Gasteiger partial charge on any atom is 0.324 e. The van der Waals surface area contributed by atoms with Gasteiger partial charge in [0.25, 0.3) is 0 Å². The molecule has 1 atom stereocenters. The Kier molecular flexibility index (Phi) is 5.20. The normalized spacial score (nSPS) is 12.3. The summed E-state index contributed by atoms with van der Waals surface area (Å²) in [7, 11) is 0. The van der Waals surface area contributed by atoms with Crippen LogP contribution in [-0.4, -0.2) is 17.6 Å². The first-order valence-electron chi connectivity index (χ1n) is 7.11. The Morgan fingerprint density at radius 3 is 2.83 bits per heavy atom. The Hall–Kier alpha value is -1.56. The number of carbonyl (C=O) groups excluding carboxylic acids is 1. The Morgan fingerprint density at radius 2 is 2.09 bits per heavy atom. The molecule has 3 rings (SSSR count). The first-order valence-corrected chi connectivity index (χ1v) is 9.19. The average Bonchev–Trinajstić information content (AvgIpc) is 2.95. The highest BCUT2D eigenvalue weighted by Crippen LogP contribution is 2.40. The van der Waals surface area contributed by atoms with Gasteiger partial charge in [0.15, 0.2) is 4.34 Å². The van der Waals surface area contributed by atoms with Crippen LogP contribution in [0, 0.1) is 0 Å². The largest absolute Gasteiger partial charge is 0.465 e. The SMILES string of the molecule is CCOC(=O)C(Sc1nc2ccc(Cl)cc2s1)c1ccccc1. The van der Waals surface area contributed by atoms with Gasteiger partial charge in [-0.25, -0.2) is 4.98 Å². The molecule has 23 heavy (non-hydrogen) atoms. The number of carbonyl (C=O) groups is 1. The van der Waals surface area contributed by atoms with Crippen molar-refractivity contribution in [2.75, 3.05) is 6.61 Å². The molecule has 3 aromatic rings. The van der Waals surface area contributed by atoms with Crippen molar-refractivity contribution in [3.8, 4) is 0 Å². The second kappa shape index (κ2) is 7.34. The summed E-state index contributed by atoms with van der Waals surface area (Å²) in [5.41, 5.74) is 1.80. The number of hydrogen-bond acceptors (Lipinski definition) is 5. The Bertz CT molecular complexity index is 820. The van der Waals surface area contributed by atoms with Gasteiger partial charge >= 0.3 is 5.97 Å². The molecule has 0 aliphatic carbocycles. The number of halogens is 1. The van der Waals surface area contributed by atoms with E-state index in [1.807, 2.05) is 55.5 Å². The van der Waals surface area contributed by atoms with Gasteiger partial charge in [-0.05, 0) is 30.7 Å². The number of benzene rings is 2. The number of rotatable bonds is 5. The van der Waals surface area contributed by atoms with Crippen molar-refractivity contribution in [1.29, 1.82) is 0 Å². The number of ether oxygens (including phenoxy) is 1. The predicted molar refractivity (Wildman–Crippen MR) is 96.3 cm³/mol. The monoisotopic (exact) mass is 363 g/mol. The molecule has 0 radical (unpaired) electrons. The summed E-state index contributed by atoms with van der Waals surface area (Å²) < 4.78 is 7.05. The van der Waals surface area contributed by atoms with E-state index in [1.165, 1.54) is 23.1 Å². The smallest absolute Gasteiger partial charge is 0.324 e. The summed E-state index contributed by atoms with van der Waals surface area (Å²) >= 11 is 8.96. The van der Waals surface area contributed by atoms with Crippen LogP contribution >= 0.6 is 34.7 Å². The van der Waals surface area contributed by atoms with E-state index in [-0.39, 0.29) is 5.97 Å². The van der Waals surface area contributed by atoms with Crippen molar-refractivity contribution < 1.29 is 9.53 Å². The van der Waals surface area contributed by atoms with Crippen molar-refractivity contribution in [3.05, 3.63) is 59.1 Å². The van der Waals surface area contributed by atoms with Gasteiger partial charge < -0.3 is 4.74 Å². The third kappa shape index (κ3) is 3.86. The van der Waals surface area contributed by atoms with E-state index in [2.05, 4.69) is 4.98 Å². The average molecular weight is 364 g/mol. The third-order valence-electron chi connectivity index (χ3n) is 3.15. The molecule has 0 N–H and O–H groups in total. The molecular formula is C17H14ClNO2S2. The maximum atomic E-state index is 12.3. The minimum absolute atomic E-state index is 0.249. The fraction of sp³-hybridized carbons (Fsp3) is 0.176. The number of fused-ring (bicyclic) bond motifs is 1. The topological polar surface area (TPSA) is 39.2 Å². The second-order valence-electron chi connectivity index (χ2n) is 4.75. The minimum Gasteiger partial charge on any atom is -0.465 e. The molecule has 0 saturated heterocycles. The van der Waals surface area contributed by atoms with Crippen LogP contribution in [0.3, 0.4) is 0 Å². The number of hydrogen-bond donors (Lipinski definition) is 0. The van der Waals surface area contributed by atoms with Crippen LogP contribution in [0.2, 0.25) is 5.02 Å². The lowest BCUT2D eigenvalue weighted by atomic mass is 10.1. The van der Waals surface area contributed by atoms with Gasteiger partial charge in [0.1, 0.15) is 5.25 Å². The molecule has 0 aliphatic rings. The van der Waals surface area contributed by atoms with Crippen molar-refractivity contribution in [2.24, 2.45) is 0 Å². The Labute approximate surface area is 147 Å². The van der Waals surface area contributed by atoms with Gasteiger partial charge in [-0.15, -0.1) is 11.3 Å². The fourth-order valence-corrected chi connectivity index (χ4v) is 4.66. The first-order chi connectivity index (χ1) is 11.2. The molecule has 1 aromatic heterocycles. The van der Waals surface area contributed by atoms with Crippen LogP contribution in [0.4, 0.5) is 0 Å². The van der Waals surface area contributed by atoms with E-state index in [0.29, 0.717) is 11.6 Å². The first kappa shape index (κ1) is 16.3.